The zero-order valence-electron chi connectivity index (χ0n) is 12.9. The van der Waals surface area contributed by atoms with Gasteiger partial charge in [0.1, 0.15) is 11.1 Å². The summed E-state index contributed by atoms with van der Waals surface area (Å²) in [7, 11) is 0. The van der Waals surface area contributed by atoms with E-state index in [0.717, 1.165) is 12.1 Å². The summed E-state index contributed by atoms with van der Waals surface area (Å²) < 4.78 is 43.5. The first-order chi connectivity index (χ1) is 10.9. The molecule has 130 valence electrons. The number of hydrogen-bond donors (Lipinski definition) is 3. The van der Waals surface area contributed by atoms with Gasteiger partial charge in [0.15, 0.2) is 0 Å². The van der Waals surface area contributed by atoms with E-state index >= 15 is 0 Å². The number of anilines is 1. The van der Waals surface area contributed by atoms with Crippen molar-refractivity contribution in [2.75, 3.05) is 5.32 Å². The number of nitrogens with zero attached hydrogens (tertiary/aromatic N) is 1. The number of aromatic carboxylic acids is 1. The zero-order valence-corrected chi connectivity index (χ0v) is 12.9. The first kappa shape index (κ1) is 17.6. The third-order valence-corrected chi connectivity index (χ3v) is 2.78. The van der Waals surface area contributed by atoms with Gasteiger partial charge in [-0.25, -0.2) is 14.6 Å². The highest BCUT2D eigenvalue weighted by Gasteiger charge is 2.36. The van der Waals surface area contributed by atoms with E-state index in [-0.39, 0.29) is 11.2 Å². The molecular formula is C14H14F3N3O4. The van der Waals surface area contributed by atoms with Gasteiger partial charge in [-0.1, -0.05) is 0 Å². The molecule has 1 amide bonds. The van der Waals surface area contributed by atoms with Crippen LogP contribution in [-0.2, 0) is 10.9 Å². The topological polar surface area (TPSA) is 104 Å². The number of aromatic amines is 1. The van der Waals surface area contributed by atoms with E-state index in [2.05, 4.69) is 10.3 Å². The molecule has 0 atom stereocenters. The Morgan fingerprint density at radius 1 is 1.25 bits per heavy atom. The number of rotatable bonds is 2. The van der Waals surface area contributed by atoms with Crippen LogP contribution in [-0.4, -0.2) is 32.7 Å². The Hall–Kier alpha value is -2.78. The van der Waals surface area contributed by atoms with E-state index in [9.17, 15) is 22.8 Å². The minimum atomic E-state index is -4.79. The van der Waals surface area contributed by atoms with Crippen LogP contribution in [0.1, 0.15) is 37.0 Å². The number of fused-ring (bicyclic) bond motifs is 1. The van der Waals surface area contributed by atoms with Crippen LogP contribution in [0.4, 0.5) is 23.7 Å². The van der Waals surface area contributed by atoms with Crippen molar-refractivity contribution in [3.8, 4) is 0 Å². The summed E-state index contributed by atoms with van der Waals surface area (Å²) in [6.07, 6.45) is -5.69. The molecule has 0 unspecified atom stereocenters. The fraction of sp³-hybridized carbons (Fsp3) is 0.357. The molecule has 2 aromatic rings. The number of benzene rings is 1. The number of carbonyl (C=O) groups is 2. The highest BCUT2D eigenvalue weighted by molar-refractivity contribution is 6.06. The second kappa shape index (κ2) is 5.69. The van der Waals surface area contributed by atoms with E-state index < -0.39 is 40.7 Å². The largest absolute Gasteiger partial charge is 0.478 e. The van der Waals surface area contributed by atoms with Crippen LogP contribution in [0.2, 0.25) is 0 Å². The number of alkyl halides is 3. The highest BCUT2D eigenvalue weighted by Crippen LogP contribution is 2.32. The lowest BCUT2D eigenvalue weighted by atomic mass is 10.1. The number of halogens is 3. The molecular weight excluding hydrogens is 331 g/mol. The summed E-state index contributed by atoms with van der Waals surface area (Å²) in [5, 5.41) is 11.4. The predicted molar refractivity (Wildman–Crippen MR) is 77.9 cm³/mol. The first-order valence-electron chi connectivity index (χ1n) is 6.71. The summed E-state index contributed by atoms with van der Waals surface area (Å²) >= 11 is 0. The SMILES string of the molecule is CC(C)(C)OC(=O)Nc1ccc(C(=O)O)c2nc(C(F)(F)F)[nH]c12. The van der Waals surface area contributed by atoms with E-state index in [1.165, 1.54) is 0 Å². The molecule has 0 aliphatic carbocycles. The summed E-state index contributed by atoms with van der Waals surface area (Å²) in [4.78, 5) is 28.2. The van der Waals surface area contributed by atoms with Crippen LogP contribution in [0.15, 0.2) is 12.1 Å². The summed E-state index contributed by atoms with van der Waals surface area (Å²) in [5.74, 6) is -2.80. The van der Waals surface area contributed by atoms with Gasteiger partial charge in [-0.15, -0.1) is 0 Å². The minimum Gasteiger partial charge on any atom is -0.478 e. The van der Waals surface area contributed by atoms with Crippen LogP contribution >= 0.6 is 0 Å². The molecule has 10 heteroatoms. The molecule has 0 bridgehead atoms. The molecule has 0 spiro atoms. The average molecular weight is 345 g/mol. The monoisotopic (exact) mass is 345 g/mol. The van der Waals surface area contributed by atoms with Gasteiger partial charge in [0.25, 0.3) is 0 Å². The maximum atomic E-state index is 12.8. The maximum Gasteiger partial charge on any atom is 0.449 e. The fourth-order valence-corrected chi connectivity index (χ4v) is 1.92. The Labute approximate surface area is 133 Å². The van der Waals surface area contributed by atoms with Crippen molar-refractivity contribution < 1.29 is 32.6 Å². The molecule has 24 heavy (non-hydrogen) atoms. The van der Waals surface area contributed by atoms with E-state index in [1.54, 1.807) is 20.8 Å². The van der Waals surface area contributed by atoms with Crippen molar-refractivity contribution >= 4 is 28.8 Å². The van der Waals surface area contributed by atoms with E-state index in [0.29, 0.717) is 0 Å². The standard InChI is InChI=1S/C14H14F3N3O4/c1-13(2,3)24-12(23)18-7-5-4-6(10(21)22)8-9(7)20-11(19-8)14(15,16)17/h4-5H,1-3H3,(H,18,23)(H,19,20)(H,21,22). The van der Waals surface area contributed by atoms with E-state index in [1.807, 2.05) is 4.98 Å². The Morgan fingerprint density at radius 3 is 2.38 bits per heavy atom. The molecule has 7 nitrogen and oxygen atoms in total. The van der Waals surface area contributed by atoms with Crippen molar-refractivity contribution in [1.29, 1.82) is 0 Å². The molecule has 1 aromatic heterocycles. The maximum absolute atomic E-state index is 12.8. The molecule has 2 rings (SSSR count). The van der Waals surface area contributed by atoms with Crippen LogP contribution < -0.4 is 5.32 Å². The van der Waals surface area contributed by atoms with Gasteiger partial charge in [-0.2, -0.15) is 13.2 Å². The first-order valence-corrected chi connectivity index (χ1v) is 6.71. The quantitative estimate of drug-likeness (QED) is 0.771. The number of imidazole rings is 1. The predicted octanol–water partition coefficient (Wildman–Crippen LogP) is 3.63. The van der Waals surface area contributed by atoms with Gasteiger partial charge in [0.05, 0.1) is 16.8 Å². The van der Waals surface area contributed by atoms with Gasteiger partial charge in [0, 0.05) is 0 Å². The van der Waals surface area contributed by atoms with Gasteiger partial charge >= 0.3 is 18.2 Å². The molecule has 0 saturated heterocycles. The molecule has 0 aliphatic rings. The van der Waals surface area contributed by atoms with E-state index in [4.69, 9.17) is 9.84 Å². The number of aromatic nitrogens is 2. The summed E-state index contributed by atoms with van der Waals surface area (Å²) in [6, 6.07) is 2.21. The summed E-state index contributed by atoms with van der Waals surface area (Å²) in [5.41, 5.74) is -1.98. The third-order valence-electron chi connectivity index (χ3n) is 2.78. The Morgan fingerprint density at radius 2 is 1.88 bits per heavy atom. The molecule has 1 heterocycles. The Kier molecular flexibility index (Phi) is 4.17. The van der Waals surface area contributed by atoms with Crippen molar-refractivity contribution in [1.82, 2.24) is 9.97 Å². The lowest BCUT2D eigenvalue weighted by Gasteiger charge is -2.19. The number of amides is 1. The zero-order chi connectivity index (χ0) is 18.3. The Balaban J connectivity index is 2.52. The van der Waals surface area contributed by atoms with Crippen molar-refractivity contribution in [2.45, 2.75) is 32.5 Å². The van der Waals surface area contributed by atoms with Gasteiger partial charge in [-0.05, 0) is 32.9 Å². The fourth-order valence-electron chi connectivity index (χ4n) is 1.92. The Bertz CT molecular complexity index is 806. The number of carboxylic acids is 1. The second-order valence-corrected chi connectivity index (χ2v) is 5.90. The average Bonchev–Trinajstić information content (AvgIpc) is 2.81. The van der Waals surface area contributed by atoms with Gasteiger partial charge in [0.2, 0.25) is 5.82 Å². The molecule has 3 N–H and O–H groups in total. The number of carboxylic acid groups (broad SMARTS) is 1. The normalized spacial score (nSPS) is 12.2. The van der Waals surface area contributed by atoms with Gasteiger partial charge < -0.3 is 14.8 Å². The smallest absolute Gasteiger partial charge is 0.449 e. The molecule has 0 fully saturated rings. The minimum absolute atomic E-state index is 0.0766. The van der Waals surface area contributed by atoms with Crippen LogP contribution in [0.25, 0.3) is 11.0 Å². The molecule has 1 aromatic carbocycles. The van der Waals surface area contributed by atoms with Gasteiger partial charge in [-0.3, -0.25) is 5.32 Å². The summed E-state index contributed by atoms with van der Waals surface area (Å²) in [6.45, 7) is 4.86. The molecule has 0 aliphatic heterocycles. The number of nitrogens with one attached hydrogen (secondary N) is 2. The molecule has 0 saturated carbocycles. The second-order valence-electron chi connectivity index (χ2n) is 5.90. The number of hydrogen-bond acceptors (Lipinski definition) is 4. The highest BCUT2D eigenvalue weighted by atomic mass is 19.4. The van der Waals surface area contributed by atoms with Crippen molar-refractivity contribution in [3.63, 3.8) is 0 Å². The molecule has 0 radical (unpaired) electrons. The lowest BCUT2D eigenvalue weighted by molar-refractivity contribution is -0.144. The van der Waals surface area contributed by atoms with Crippen molar-refractivity contribution in [3.05, 3.63) is 23.5 Å². The van der Waals surface area contributed by atoms with Crippen molar-refractivity contribution in [2.24, 2.45) is 0 Å². The number of ether oxygens (including phenoxy) is 1. The number of carbonyl (C=O) groups excluding carboxylic acids is 1. The lowest BCUT2D eigenvalue weighted by Crippen LogP contribution is -2.27. The van der Waals surface area contributed by atoms with Crippen LogP contribution in [0, 0.1) is 0 Å². The number of H-pyrrole nitrogens is 1. The van der Waals surface area contributed by atoms with Crippen LogP contribution in [0.3, 0.4) is 0 Å². The van der Waals surface area contributed by atoms with Crippen LogP contribution in [0.5, 0.6) is 0 Å². The third kappa shape index (κ3) is 3.76.